The molecule has 0 aliphatic carbocycles. The highest BCUT2D eigenvalue weighted by Crippen LogP contribution is 2.24. The average molecular weight is 294 g/mol. The summed E-state index contributed by atoms with van der Waals surface area (Å²) in [5.74, 6) is -0.0995. The Kier molecular flexibility index (Phi) is 3.96. The van der Waals surface area contributed by atoms with Crippen LogP contribution in [0, 0.1) is 0 Å². The van der Waals surface area contributed by atoms with E-state index >= 15 is 0 Å². The molecule has 2 aromatic heterocycles. The van der Waals surface area contributed by atoms with Gasteiger partial charge in [-0.1, -0.05) is 24.3 Å². The first-order valence-electron chi connectivity index (χ1n) is 6.79. The molecule has 1 aromatic carbocycles. The van der Waals surface area contributed by atoms with Crippen LogP contribution >= 0.6 is 0 Å². The molecular formula is C17H14N2O3. The van der Waals surface area contributed by atoms with Gasteiger partial charge < -0.3 is 9.47 Å². The number of hydrogen-bond donors (Lipinski definition) is 0. The lowest BCUT2D eigenvalue weighted by atomic mass is 10.1. The molecule has 0 saturated heterocycles. The van der Waals surface area contributed by atoms with Gasteiger partial charge in [-0.3, -0.25) is 4.98 Å². The van der Waals surface area contributed by atoms with Gasteiger partial charge in [0.25, 0.3) is 0 Å². The average Bonchev–Trinajstić information content (AvgIpc) is 2.59. The molecule has 0 amide bonds. The molecule has 0 spiro atoms. The molecular weight excluding hydrogens is 280 g/mol. The second-order valence-electron chi connectivity index (χ2n) is 4.64. The summed E-state index contributed by atoms with van der Waals surface area (Å²) in [6.07, 6.45) is 1.65. The van der Waals surface area contributed by atoms with Crippen LogP contribution in [0.4, 0.5) is 0 Å². The van der Waals surface area contributed by atoms with Crippen molar-refractivity contribution in [2.24, 2.45) is 0 Å². The minimum atomic E-state index is -0.505. The fourth-order valence-corrected chi connectivity index (χ4v) is 2.12. The fraction of sp³-hybridized carbons (Fsp3) is 0.118. The Morgan fingerprint density at radius 1 is 1.14 bits per heavy atom. The first-order valence-corrected chi connectivity index (χ1v) is 6.79. The fourth-order valence-electron chi connectivity index (χ4n) is 2.12. The van der Waals surface area contributed by atoms with E-state index in [1.807, 2.05) is 30.3 Å². The van der Waals surface area contributed by atoms with E-state index in [-0.39, 0.29) is 12.3 Å². The summed E-state index contributed by atoms with van der Waals surface area (Å²) in [6.45, 7) is 0.108. The Morgan fingerprint density at radius 3 is 2.73 bits per heavy atom. The third kappa shape index (κ3) is 2.88. The minimum Gasteiger partial charge on any atom is -0.481 e. The third-order valence-corrected chi connectivity index (χ3v) is 3.19. The molecule has 2 heterocycles. The van der Waals surface area contributed by atoms with Crippen LogP contribution < -0.4 is 4.74 Å². The number of carbonyl (C=O) groups excluding carboxylic acids is 1. The van der Waals surface area contributed by atoms with Crippen LogP contribution in [0.25, 0.3) is 10.8 Å². The lowest BCUT2D eigenvalue weighted by molar-refractivity contribution is 0.0460. The first kappa shape index (κ1) is 14.0. The van der Waals surface area contributed by atoms with Crippen LogP contribution in [-0.4, -0.2) is 23.0 Å². The van der Waals surface area contributed by atoms with E-state index in [4.69, 9.17) is 9.47 Å². The van der Waals surface area contributed by atoms with Crippen molar-refractivity contribution in [2.45, 2.75) is 6.61 Å². The number of carbonyl (C=O) groups is 1. The molecule has 0 atom stereocenters. The van der Waals surface area contributed by atoms with E-state index < -0.39 is 5.97 Å². The lowest BCUT2D eigenvalue weighted by Crippen LogP contribution is -2.09. The summed E-state index contributed by atoms with van der Waals surface area (Å²) in [4.78, 5) is 20.5. The normalized spacial score (nSPS) is 10.4. The topological polar surface area (TPSA) is 61.3 Å². The maximum Gasteiger partial charge on any atom is 0.357 e. The van der Waals surface area contributed by atoms with Gasteiger partial charge in [0.05, 0.1) is 12.8 Å². The van der Waals surface area contributed by atoms with E-state index in [1.165, 1.54) is 7.11 Å². The Balaban J connectivity index is 1.84. The van der Waals surface area contributed by atoms with E-state index in [9.17, 15) is 4.79 Å². The van der Waals surface area contributed by atoms with Crippen molar-refractivity contribution in [3.63, 3.8) is 0 Å². The van der Waals surface area contributed by atoms with Crippen molar-refractivity contribution in [1.29, 1.82) is 0 Å². The summed E-state index contributed by atoms with van der Waals surface area (Å²) in [5.41, 5.74) is 0.898. The number of fused-ring (bicyclic) bond motifs is 1. The minimum absolute atomic E-state index is 0.108. The van der Waals surface area contributed by atoms with Gasteiger partial charge in [0.15, 0.2) is 5.69 Å². The first-order chi connectivity index (χ1) is 10.8. The molecule has 3 aromatic rings. The van der Waals surface area contributed by atoms with Crippen LogP contribution in [0.15, 0.2) is 54.7 Å². The standard InChI is InChI=1S/C17H14N2O3/c1-21-16-14-8-3-2-6-12(14)10-15(19-16)17(20)22-11-13-7-4-5-9-18-13/h2-10H,11H2,1H3. The van der Waals surface area contributed by atoms with Gasteiger partial charge in [0.1, 0.15) is 6.61 Å². The van der Waals surface area contributed by atoms with Crippen LogP contribution in [-0.2, 0) is 11.3 Å². The number of rotatable bonds is 4. The molecule has 3 rings (SSSR count). The van der Waals surface area contributed by atoms with Gasteiger partial charge in [-0.15, -0.1) is 0 Å². The van der Waals surface area contributed by atoms with Gasteiger partial charge in [-0.05, 0) is 29.7 Å². The van der Waals surface area contributed by atoms with Gasteiger partial charge in [0, 0.05) is 11.6 Å². The number of nitrogens with zero attached hydrogens (tertiary/aromatic N) is 2. The predicted octanol–water partition coefficient (Wildman–Crippen LogP) is 3.00. The van der Waals surface area contributed by atoms with E-state index in [1.54, 1.807) is 24.4 Å². The quantitative estimate of drug-likeness (QED) is 0.692. The van der Waals surface area contributed by atoms with Gasteiger partial charge >= 0.3 is 5.97 Å². The van der Waals surface area contributed by atoms with Gasteiger partial charge in [-0.25, -0.2) is 9.78 Å². The van der Waals surface area contributed by atoms with E-state index in [2.05, 4.69) is 9.97 Å². The highest BCUT2D eigenvalue weighted by molar-refractivity contribution is 5.95. The highest BCUT2D eigenvalue weighted by Gasteiger charge is 2.14. The van der Waals surface area contributed by atoms with Crippen molar-refractivity contribution in [3.8, 4) is 5.88 Å². The molecule has 22 heavy (non-hydrogen) atoms. The summed E-state index contributed by atoms with van der Waals surface area (Å²) < 4.78 is 10.5. The molecule has 5 heteroatoms. The maximum atomic E-state index is 12.2. The van der Waals surface area contributed by atoms with Crippen LogP contribution in [0.1, 0.15) is 16.2 Å². The van der Waals surface area contributed by atoms with Crippen LogP contribution in [0.5, 0.6) is 5.88 Å². The molecule has 0 N–H and O–H groups in total. The Morgan fingerprint density at radius 2 is 1.95 bits per heavy atom. The van der Waals surface area contributed by atoms with Gasteiger partial charge in [-0.2, -0.15) is 0 Å². The summed E-state index contributed by atoms with van der Waals surface area (Å²) in [5, 5.41) is 1.73. The smallest absolute Gasteiger partial charge is 0.357 e. The Labute approximate surface area is 127 Å². The van der Waals surface area contributed by atoms with Gasteiger partial charge in [0.2, 0.25) is 5.88 Å². The zero-order chi connectivity index (χ0) is 15.4. The summed E-state index contributed by atoms with van der Waals surface area (Å²) in [6, 6.07) is 14.7. The van der Waals surface area contributed by atoms with E-state index in [0.29, 0.717) is 11.6 Å². The Bertz CT molecular complexity index is 803. The number of esters is 1. The molecule has 0 radical (unpaired) electrons. The highest BCUT2D eigenvalue weighted by atomic mass is 16.5. The maximum absolute atomic E-state index is 12.2. The number of ether oxygens (including phenoxy) is 2. The molecule has 110 valence electrons. The van der Waals surface area contributed by atoms with Crippen molar-refractivity contribution in [3.05, 3.63) is 66.1 Å². The predicted molar refractivity (Wildman–Crippen MR) is 81.7 cm³/mol. The zero-order valence-electron chi connectivity index (χ0n) is 12.0. The molecule has 0 aliphatic rings. The monoisotopic (exact) mass is 294 g/mol. The second kappa shape index (κ2) is 6.22. The largest absolute Gasteiger partial charge is 0.481 e. The molecule has 0 fully saturated rings. The summed E-state index contributed by atoms with van der Waals surface area (Å²) in [7, 11) is 1.53. The molecule has 5 nitrogen and oxygen atoms in total. The number of benzene rings is 1. The van der Waals surface area contributed by atoms with Crippen molar-refractivity contribution < 1.29 is 14.3 Å². The van der Waals surface area contributed by atoms with E-state index in [0.717, 1.165) is 10.8 Å². The number of hydrogen-bond acceptors (Lipinski definition) is 5. The second-order valence-corrected chi connectivity index (χ2v) is 4.64. The molecule has 0 aliphatic heterocycles. The third-order valence-electron chi connectivity index (χ3n) is 3.19. The van der Waals surface area contributed by atoms with Crippen molar-refractivity contribution in [1.82, 2.24) is 9.97 Å². The molecule has 0 bridgehead atoms. The SMILES string of the molecule is COc1nc(C(=O)OCc2ccccn2)cc2ccccc12. The van der Waals surface area contributed by atoms with Crippen molar-refractivity contribution in [2.75, 3.05) is 7.11 Å². The Hall–Kier alpha value is -2.95. The zero-order valence-corrected chi connectivity index (χ0v) is 12.0. The molecule has 0 saturated carbocycles. The number of methoxy groups -OCH3 is 1. The lowest BCUT2D eigenvalue weighted by Gasteiger charge is -2.08. The molecule has 0 unspecified atom stereocenters. The number of pyridine rings is 2. The number of aromatic nitrogens is 2. The summed E-state index contributed by atoms with van der Waals surface area (Å²) >= 11 is 0. The van der Waals surface area contributed by atoms with Crippen molar-refractivity contribution >= 4 is 16.7 Å². The van der Waals surface area contributed by atoms with Crippen LogP contribution in [0.2, 0.25) is 0 Å². The van der Waals surface area contributed by atoms with Crippen LogP contribution in [0.3, 0.4) is 0 Å².